The van der Waals surface area contributed by atoms with Gasteiger partial charge in [-0.2, -0.15) is 35.4 Å². The first-order valence-corrected chi connectivity index (χ1v) is 44.7. The lowest BCUT2D eigenvalue weighted by Gasteiger charge is -2.37. The van der Waals surface area contributed by atoms with E-state index in [1.807, 2.05) is 163 Å². The molecule has 130 heavy (non-hydrogen) atoms. The molecule has 0 N–H and O–H groups in total. The van der Waals surface area contributed by atoms with Crippen molar-refractivity contribution in [2.75, 3.05) is 33.2 Å². The lowest BCUT2D eigenvalue weighted by Crippen LogP contribution is -2.44. The maximum Gasteiger partial charge on any atom is 0.257 e. The van der Waals surface area contributed by atoms with Crippen molar-refractivity contribution in [3.8, 4) is 46.4 Å². The Morgan fingerprint density at radius 1 is 0.454 bits per heavy atom. The molecule has 14 aromatic rings. The molecular formula is C105H125FN16O8. The Kier molecular flexibility index (Phi) is 39.5. The standard InChI is InChI=1S/C15H17N3O2.C13H19N.C11H16N2O2.C10H7N3O.C10H10N2O.C10H11N.C10H14.C9H11F.C9H8N2O.C8H12N2O/c1-10(19)13-5-3-12(4-6-13)7-18-8-14(9-18)15-16-11(2)17-20-15;1-11-3-5-12(6-4-11)13-7-9-14(2)10-8-13;1-7(14)9-3-5-10(6-4-9)11-12-8(2)13-15-11;1-7-12-10(13-14-7)9-4-2-8(6-11)3-5-9;1-7-3-5-9(6-4-7)10-12-11-8(2)13-10;1-8(2)10-5-3-4-9(6-10)7-11;1-8(2)10-6-4-9(3)5-7-10;1-7(2)8-5-3-4-6-9(8)10;1-7-10-9(12-11-7)8-5-3-2-4-6-8;1-5-3-7(4-5)8-9-6(2)10-11-8/h3-6,14H,7-9H2,1-2H3;3-6,13H,7-10H2,1-2H3;9-10H,3-6H2,1-2H3;2-5H,1H3;3-6H,1-2H3;3-6,8H,1-2H3;4-8H,1-3H3;3-7H,1-2H3;2-6H,1H3;5,7H,3-4H2,1-2H3. The van der Waals surface area contributed by atoms with Crippen LogP contribution in [-0.4, -0.2) is 115 Å². The topological polar surface area (TPSA) is 322 Å². The largest absolute Gasteiger partial charge is 0.421 e. The minimum atomic E-state index is -0.0995. The Bertz CT molecular complexity index is 5780. The molecule has 24 nitrogen and oxygen atoms in total. The van der Waals surface area contributed by atoms with Gasteiger partial charge in [0, 0.05) is 73.5 Å². The van der Waals surface area contributed by atoms with Gasteiger partial charge in [-0.05, 0) is 258 Å². The van der Waals surface area contributed by atoms with Crippen molar-refractivity contribution in [3.05, 3.63) is 320 Å². The Labute approximate surface area is 765 Å². The molecule has 2 aliphatic carbocycles. The number of hydrogen-bond acceptors (Lipinski definition) is 24. The van der Waals surface area contributed by atoms with Gasteiger partial charge in [-0.3, -0.25) is 14.5 Å². The molecule has 4 fully saturated rings. The van der Waals surface area contributed by atoms with Gasteiger partial charge in [-0.15, -0.1) is 10.2 Å². The normalized spacial score (nSPS) is 15.6. The van der Waals surface area contributed by atoms with Crippen LogP contribution in [0.4, 0.5) is 4.39 Å². The maximum absolute atomic E-state index is 12.8. The molecule has 8 heterocycles. The lowest BCUT2D eigenvalue weighted by molar-refractivity contribution is -0.121. The SMILES string of the molecule is CC(=O)C1CCC(c2nc(C)no2)CC1.CC(=O)c1ccc(CN2CC(c3nc(C)no3)C2)cc1.CC(C)c1cccc(C#N)c1.CC(C)c1ccccc1F.Cc1ccc(-c2nnc(C)o2)cc1.Cc1ccc(C(C)C)cc1.Cc1ccc(C2CCN(C)CC2)cc1.Cc1nc(-c2ccc(C#N)cc2)no1.Cc1noc(-c2ccccc2)n1.Cc1noc(C2CC(C)C2)n1. The van der Waals surface area contributed by atoms with Crippen LogP contribution in [0.3, 0.4) is 0 Å². The smallest absolute Gasteiger partial charge is 0.257 e. The van der Waals surface area contributed by atoms with E-state index in [2.05, 4.69) is 181 Å². The van der Waals surface area contributed by atoms with Crippen molar-refractivity contribution >= 4 is 11.6 Å². The van der Waals surface area contributed by atoms with Crippen LogP contribution in [0.2, 0.25) is 0 Å². The molecule has 0 spiro atoms. The number of nitriles is 2. The molecule has 2 aliphatic heterocycles. The Morgan fingerprint density at radius 2 is 0.962 bits per heavy atom. The van der Waals surface area contributed by atoms with Crippen molar-refractivity contribution < 1.29 is 41.0 Å². The molecule has 25 heteroatoms. The highest BCUT2D eigenvalue weighted by Gasteiger charge is 2.33. The molecule has 680 valence electrons. The first kappa shape index (κ1) is 101. The molecule has 8 aromatic carbocycles. The van der Waals surface area contributed by atoms with Crippen molar-refractivity contribution in [3.63, 3.8) is 0 Å². The highest BCUT2D eigenvalue weighted by atomic mass is 19.1. The maximum atomic E-state index is 12.8. The summed E-state index contributed by atoms with van der Waals surface area (Å²) < 4.78 is 43.4. The Hall–Kier alpha value is -13.2. The number of Topliss-reactive ketones (excluding diaryl/α,β-unsaturated/α-hetero) is 2. The highest BCUT2D eigenvalue weighted by Crippen LogP contribution is 2.41. The first-order chi connectivity index (χ1) is 62.3. The van der Waals surface area contributed by atoms with E-state index >= 15 is 0 Å². The summed E-state index contributed by atoms with van der Waals surface area (Å²) in [5.41, 5.74) is 15.0. The molecule has 0 atom stereocenters. The molecule has 18 rings (SSSR count). The van der Waals surface area contributed by atoms with E-state index in [0.29, 0.717) is 87.8 Å². The zero-order valence-corrected chi connectivity index (χ0v) is 78.7. The summed E-state index contributed by atoms with van der Waals surface area (Å²) in [5.74, 6) is 12.9. The second kappa shape index (κ2) is 51.1. The lowest BCUT2D eigenvalue weighted by atomic mass is 9.76. The molecule has 6 aromatic heterocycles. The number of likely N-dealkylation sites (tertiary alicyclic amines) is 2. The van der Waals surface area contributed by atoms with E-state index < -0.39 is 0 Å². The first-order valence-electron chi connectivity index (χ1n) is 44.7. The number of rotatable bonds is 14. The molecule has 4 aliphatic rings. The van der Waals surface area contributed by atoms with Crippen LogP contribution in [0, 0.1) is 103 Å². The number of hydrogen-bond donors (Lipinski definition) is 0. The number of carbonyl (C=O) groups excluding carboxylic acids is 2. The predicted octanol–water partition coefficient (Wildman–Crippen LogP) is 24.2. The van der Waals surface area contributed by atoms with Crippen molar-refractivity contribution in [1.29, 1.82) is 10.5 Å². The van der Waals surface area contributed by atoms with Crippen LogP contribution < -0.4 is 0 Å². The van der Waals surface area contributed by atoms with E-state index in [1.54, 1.807) is 65.0 Å². The van der Waals surface area contributed by atoms with Gasteiger partial charge in [0.15, 0.2) is 29.1 Å². The number of nitrogens with zero attached hydrogens (tertiary/aromatic N) is 16. The van der Waals surface area contributed by atoms with Crippen molar-refractivity contribution in [2.45, 2.75) is 224 Å². The summed E-state index contributed by atoms with van der Waals surface area (Å²) in [4.78, 5) is 48.0. The minimum Gasteiger partial charge on any atom is -0.421 e. The second-order valence-corrected chi connectivity index (χ2v) is 34.6. The molecule has 0 amide bonds. The molecular weight excluding hydrogens is 1630 g/mol. The molecule has 0 bridgehead atoms. The third kappa shape index (κ3) is 33.1. The monoisotopic (exact) mass is 1760 g/mol. The Balaban J connectivity index is 0.000000164. The molecule has 2 saturated heterocycles. The summed E-state index contributed by atoms with van der Waals surface area (Å²) in [6.07, 6.45) is 8.96. The van der Waals surface area contributed by atoms with Crippen LogP contribution in [0.1, 0.15) is 274 Å². The third-order valence-electron chi connectivity index (χ3n) is 22.5. The van der Waals surface area contributed by atoms with Gasteiger partial charge in [-0.1, -0.05) is 224 Å². The zero-order valence-electron chi connectivity index (χ0n) is 78.7. The third-order valence-corrected chi connectivity index (χ3v) is 22.5. The number of carbonyl (C=O) groups is 2. The summed E-state index contributed by atoms with van der Waals surface area (Å²) in [6.45, 7) is 40.6. The van der Waals surface area contributed by atoms with Gasteiger partial charge < -0.3 is 31.9 Å². The number of halogens is 1. The minimum absolute atomic E-state index is 0.0995. The van der Waals surface area contributed by atoms with Gasteiger partial charge in [0.1, 0.15) is 11.6 Å². The van der Waals surface area contributed by atoms with E-state index in [0.717, 1.165) is 114 Å². The van der Waals surface area contributed by atoms with E-state index in [4.69, 9.17) is 37.6 Å². The predicted molar refractivity (Wildman–Crippen MR) is 503 cm³/mol. The van der Waals surface area contributed by atoms with Crippen LogP contribution >= 0.6 is 0 Å². The van der Waals surface area contributed by atoms with Gasteiger partial charge in [0.05, 0.1) is 29.2 Å². The van der Waals surface area contributed by atoms with Crippen LogP contribution in [-0.2, 0) is 11.3 Å². The van der Waals surface area contributed by atoms with Gasteiger partial charge in [-0.25, -0.2) is 4.39 Å². The summed E-state index contributed by atoms with van der Waals surface area (Å²) >= 11 is 0. The molecule has 2 saturated carbocycles. The fourth-order valence-electron chi connectivity index (χ4n) is 14.5. The zero-order chi connectivity index (χ0) is 93.8. The van der Waals surface area contributed by atoms with Crippen LogP contribution in [0.15, 0.2) is 227 Å². The van der Waals surface area contributed by atoms with Gasteiger partial charge in [0.2, 0.25) is 41.2 Å². The fraction of sp³-hybridized carbons (Fsp3) is 0.390. The number of aryl methyl sites for hydroxylation is 9. The van der Waals surface area contributed by atoms with Gasteiger partial charge >= 0.3 is 0 Å². The second-order valence-electron chi connectivity index (χ2n) is 34.6. The quantitative estimate of drug-likeness (QED) is 0.0913. The van der Waals surface area contributed by atoms with Crippen molar-refractivity contribution in [1.82, 2.24) is 70.7 Å². The summed E-state index contributed by atoms with van der Waals surface area (Å²) in [5, 5.41) is 43.7. The van der Waals surface area contributed by atoms with E-state index in [9.17, 15) is 14.0 Å². The molecule has 0 radical (unpaired) electrons. The fourth-order valence-corrected chi connectivity index (χ4v) is 14.5. The van der Waals surface area contributed by atoms with Crippen LogP contribution in [0.25, 0.3) is 34.3 Å². The number of piperidine rings is 1. The van der Waals surface area contributed by atoms with E-state index in [-0.39, 0.29) is 23.4 Å². The average molecular weight is 1760 g/mol. The number of benzene rings is 8. The highest BCUT2D eigenvalue weighted by molar-refractivity contribution is 5.94. The number of aromatic nitrogens is 12. The van der Waals surface area contributed by atoms with Crippen molar-refractivity contribution in [2.24, 2.45) is 11.8 Å². The van der Waals surface area contributed by atoms with Gasteiger partial charge in [0.25, 0.3) is 5.89 Å². The van der Waals surface area contributed by atoms with Crippen LogP contribution in [0.5, 0.6) is 0 Å². The summed E-state index contributed by atoms with van der Waals surface area (Å²) in [6, 6.07) is 69.1. The number of ketones is 2. The summed E-state index contributed by atoms with van der Waals surface area (Å²) in [7, 11) is 2.21. The Morgan fingerprint density at radius 3 is 1.42 bits per heavy atom. The molecule has 0 unspecified atom stereocenters. The average Bonchev–Trinajstić information content (AvgIpc) is 1.55. The van der Waals surface area contributed by atoms with E-state index in [1.165, 1.54) is 83.8 Å².